The molecule has 0 spiro atoms. The van der Waals surface area contributed by atoms with E-state index in [4.69, 9.17) is 21.3 Å². The van der Waals surface area contributed by atoms with Gasteiger partial charge in [0.1, 0.15) is 28.4 Å². The van der Waals surface area contributed by atoms with Crippen LogP contribution in [0.25, 0.3) is 27.8 Å². The summed E-state index contributed by atoms with van der Waals surface area (Å²) < 4.78 is 7.06. The standard InChI is InChI=1S/C32H25ClN8O4S/c1-3-26(42)34-14-18-6-4-7-20(12-18)39-30(43)19-10-11-24(45-2)23(13-19)41-25(40-22-9-5-8-21(33)27(22)32(41)44)15-46-31-28-29(36-16-35-28)37-17-38-31/h3-13,16-17H,1,14-15H2,2H3,(H,34,42)(H,39,43)(H,35,36,37,38). The number of halogens is 1. The summed E-state index contributed by atoms with van der Waals surface area (Å²) in [7, 11) is 1.48. The molecular formula is C32H25ClN8O4S. The molecule has 0 aliphatic rings. The van der Waals surface area contributed by atoms with Gasteiger partial charge in [-0.2, -0.15) is 0 Å². The number of nitrogens with zero attached hydrogens (tertiary/aromatic N) is 5. The predicted molar refractivity (Wildman–Crippen MR) is 177 cm³/mol. The van der Waals surface area contributed by atoms with E-state index in [0.717, 1.165) is 5.56 Å². The molecule has 6 rings (SSSR count). The van der Waals surface area contributed by atoms with Crippen molar-refractivity contribution < 1.29 is 14.3 Å². The molecular weight excluding hydrogens is 628 g/mol. The molecule has 3 aromatic heterocycles. The minimum absolute atomic E-state index is 0.220. The molecule has 0 saturated heterocycles. The van der Waals surface area contributed by atoms with Crippen LogP contribution >= 0.6 is 23.4 Å². The summed E-state index contributed by atoms with van der Waals surface area (Å²) in [5.41, 5.74) is 3.06. The minimum atomic E-state index is -0.425. The first-order valence-corrected chi connectivity index (χ1v) is 15.2. The third-order valence-electron chi connectivity index (χ3n) is 6.96. The smallest absolute Gasteiger partial charge is 0.267 e. The van der Waals surface area contributed by atoms with Gasteiger partial charge in [0.2, 0.25) is 5.91 Å². The van der Waals surface area contributed by atoms with Crippen LogP contribution in [0.15, 0.2) is 95.8 Å². The van der Waals surface area contributed by atoms with Gasteiger partial charge in [-0.3, -0.25) is 19.0 Å². The molecule has 3 heterocycles. The Hall–Kier alpha value is -5.53. The number of carbonyl (C=O) groups is 2. The molecule has 0 radical (unpaired) electrons. The Labute approximate surface area is 270 Å². The molecule has 0 unspecified atom stereocenters. The number of amides is 2. The average Bonchev–Trinajstić information content (AvgIpc) is 3.56. The molecule has 2 amide bonds. The molecule has 46 heavy (non-hydrogen) atoms. The lowest BCUT2D eigenvalue weighted by molar-refractivity contribution is -0.116. The lowest BCUT2D eigenvalue weighted by Crippen LogP contribution is -2.25. The maximum Gasteiger partial charge on any atom is 0.267 e. The Kier molecular flexibility index (Phi) is 8.76. The van der Waals surface area contributed by atoms with Crippen LogP contribution in [0.3, 0.4) is 0 Å². The zero-order chi connectivity index (χ0) is 32.2. The summed E-state index contributed by atoms with van der Waals surface area (Å²) in [5, 5.41) is 6.69. The van der Waals surface area contributed by atoms with E-state index in [1.165, 1.54) is 42.2 Å². The van der Waals surface area contributed by atoms with Gasteiger partial charge < -0.3 is 20.4 Å². The highest BCUT2D eigenvalue weighted by molar-refractivity contribution is 7.98. The summed E-state index contributed by atoms with van der Waals surface area (Å²) in [4.78, 5) is 59.8. The van der Waals surface area contributed by atoms with Crippen LogP contribution in [0.5, 0.6) is 5.75 Å². The molecule has 0 aliphatic heterocycles. The Morgan fingerprint density at radius 1 is 1.11 bits per heavy atom. The second-order valence-electron chi connectivity index (χ2n) is 9.83. The van der Waals surface area contributed by atoms with Gasteiger partial charge in [-0.05, 0) is 54.1 Å². The summed E-state index contributed by atoms with van der Waals surface area (Å²) in [6, 6.07) is 16.9. The summed E-state index contributed by atoms with van der Waals surface area (Å²) >= 11 is 7.84. The molecule has 6 aromatic rings. The molecule has 14 heteroatoms. The maximum atomic E-state index is 14.2. The zero-order valence-corrected chi connectivity index (χ0v) is 25.9. The number of aromatic nitrogens is 6. The van der Waals surface area contributed by atoms with Gasteiger partial charge in [-0.15, -0.1) is 0 Å². The van der Waals surface area contributed by atoms with Gasteiger partial charge in [0.05, 0.1) is 40.8 Å². The summed E-state index contributed by atoms with van der Waals surface area (Å²) in [6.45, 7) is 3.72. The van der Waals surface area contributed by atoms with Crippen molar-refractivity contribution in [1.29, 1.82) is 0 Å². The van der Waals surface area contributed by atoms with Crippen molar-refractivity contribution in [3.63, 3.8) is 0 Å². The number of anilines is 1. The van der Waals surface area contributed by atoms with Crippen LogP contribution in [0.1, 0.15) is 21.7 Å². The Morgan fingerprint density at radius 2 is 1.96 bits per heavy atom. The van der Waals surface area contributed by atoms with Crippen molar-refractivity contribution in [2.24, 2.45) is 0 Å². The quantitative estimate of drug-likeness (QED) is 0.105. The number of hydrogen-bond acceptors (Lipinski definition) is 9. The van der Waals surface area contributed by atoms with E-state index in [-0.39, 0.29) is 34.2 Å². The fourth-order valence-corrected chi connectivity index (χ4v) is 5.92. The number of carbonyl (C=O) groups excluding carboxylic acids is 2. The third-order valence-corrected chi connectivity index (χ3v) is 8.26. The van der Waals surface area contributed by atoms with Crippen molar-refractivity contribution in [2.45, 2.75) is 17.3 Å². The van der Waals surface area contributed by atoms with Crippen LogP contribution in [0, 0.1) is 0 Å². The van der Waals surface area contributed by atoms with E-state index >= 15 is 0 Å². The number of benzene rings is 3. The number of fused-ring (bicyclic) bond motifs is 2. The first kappa shape index (κ1) is 30.5. The number of nitrogens with one attached hydrogen (secondary N) is 3. The van der Waals surface area contributed by atoms with Gasteiger partial charge in [0.25, 0.3) is 11.5 Å². The first-order chi connectivity index (χ1) is 22.4. The van der Waals surface area contributed by atoms with Gasteiger partial charge in [-0.25, -0.2) is 19.9 Å². The van der Waals surface area contributed by atoms with E-state index in [9.17, 15) is 14.4 Å². The average molecular weight is 653 g/mol. The normalized spacial score (nSPS) is 11.0. The Morgan fingerprint density at radius 3 is 2.78 bits per heavy atom. The number of thioether (sulfide) groups is 1. The van der Waals surface area contributed by atoms with Crippen LogP contribution in [0.2, 0.25) is 5.02 Å². The number of methoxy groups -OCH3 is 1. The fourth-order valence-electron chi connectivity index (χ4n) is 4.80. The van der Waals surface area contributed by atoms with Gasteiger partial charge in [0, 0.05) is 17.8 Å². The SMILES string of the molecule is C=CC(=O)NCc1cccc(NC(=O)c2ccc(OC)c(-n3c(CSc4ncnc5nc[nH]c45)nc4cccc(Cl)c4c3=O)c2)c1. The van der Waals surface area contributed by atoms with Crippen LogP contribution in [0.4, 0.5) is 5.69 Å². The number of H-pyrrole nitrogens is 1. The minimum Gasteiger partial charge on any atom is -0.495 e. The molecule has 0 saturated carbocycles. The van der Waals surface area contributed by atoms with Gasteiger partial charge >= 0.3 is 0 Å². The van der Waals surface area contributed by atoms with Crippen molar-refractivity contribution in [2.75, 3.05) is 12.4 Å². The highest BCUT2D eigenvalue weighted by Gasteiger charge is 2.21. The van der Waals surface area contributed by atoms with Crippen molar-refractivity contribution in [3.8, 4) is 11.4 Å². The highest BCUT2D eigenvalue weighted by atomic mass is 35.5. The predicted octanol–water partition coefficient (Wildman–Crippen LogP) is 5.06. The monoisotopic (exact) mass is 652 g/mol. The number of imidazole rings is 1. The largest absolute Gasteiger partial charge is 0.495 e. The lowest BCUT2D eigenvalue weighted by atomic mass is 10.1. The van der Waals surface area contributed by atoms with Crippen LogP contribution < -0.4 is 20.9 Å². The number of ether oxygens (including phenoxy) is 1. The maximum absolute atomic E-state index is 14.2. The first-order valence-electron chi connectivity index (χ1n) is 13.8. The van der Waals surface area contributed by atoms with Crippen LogP contribution in [-0.2, 0) is 17.1 Å². The number of rotatable bonds is 10. The number of hydrogen-bond donors (Lipinski definition) is 3. The Bertz CT molecular complexity index is 2200. The Balaban J connectivity index is 1.39. The van der Waals surface area contributed by atoms with E-state index in [2.05, 4.69) is 37.1 Å². The van der Waals surface area contributed by atoms with Crippen molar-refractivity contribution >= 4 is 62.9 Å². The van der Waals surface area contributed by atoms with Crippen molar-refractivity contribution in [3.05, 3.63) is 118 Å². The highest BCUT2D eigenvalue weighted by Crippen LogP contribution is 2.30. The zero-order valence-electron chi connectivity index (χ0n) is 24.3. The summed E-state index contributed by atoms with van der Waals surface area (Å²) in [5.74, 6) is 0.216. The number of aromatic amines is 1. The molecule has 0 bridgehead atoms. The molecule has 0 fully saturated rings. The topological polar surface area (TPSA) is 157 Å². The molecule has 0 atom stereocenters. The fraction of sp³-hybridized carbons (Fsp3) is 0.0938. The van der Waals surface area contributed by atoms with Crippen LogP contribution in [-0.4, -0.2) is 48.4 Å². The van der Waals surface area contributed by atoms with E-state index in [0.29, 0.717) is 44.7 Å². The lowest BCUT2D eigenvalue weighted by Gasteiger charge is -2.17. The molecule has 12 nitrogen and oxygen atoms in total. The second kappa shape index (κ2) is 13.2. The second-order valence-corrected chi connectivity index (χ2v) is 11.2. The van der Waals surface area contributed by atoms with Crippen molar-refractivity contribution in [1.82, 2.24) is 34.8 Å². The molecule has 3 N–H and O–H groups in total. The van der Waals surface area contributed by atoms with E-state index in [1.54, 1.807) is 54.6 Å². The van der Waals surface area contributed by atoms with E-state index in [1.807, 2.05) is 6.07 Å². The van der Waals surface area contributed by atoms with E-state index < -0.39 is 11.5 Å². The molecule has 230 valence electrons. The van der Waals surface area contributed by atoms with Gasteiger partial charge in [-0.1, -0.05) is 48.1 Å². The summed E-state index contributed by atoms with van der Waals surface area (Å²) in [6.07, 6.45) is 4.15. The third kappa shape index (κ3) is 6.18. The molecule has 3 aromatic carbocycles. The van der Waals surface area contributed by atoms with Gasteiger partial charge in [0.15, 0.2) is 5.65 Å². The molecule has 0 aliphatic carbocycles.